The number of halogens is 1. The summed E-state index contributed by atoms with van der Waals surface area (Å²) in [6.45, 7) is 8.25. The quantitative estimate of drug-likeness (QED) is 0.814. The molecule has 1 heterocycles. The summed E-state index contributed by atoms with van der Waals surface area (Å²) in [5.41, 5.74) is 0.994. The van der Waals surface area contributed by atoms with Gasteiger partial charge in [0.1, 0.15) is 6.61 Å². The fourth-order valence-electron chi connectivity index (χ4n) is 2.70. The van der Waals surface area contributed by atoms with Gasteiger partial charge in [-0.2, -0.15) is 0 Å². The fraction of sp³-hybridized carbons (Fsp3) is 0.600. The second-order valence-electron chi connectivity index (χ2n) is 5.23. The molecule has 0 aliphatic carbocycles. The molecule has 3 heteroatoms. The normalized spacial score (nSPS) is 18.9. The van der Waals surface area contributed by atoms with Crippen molar-refractivity contribution in [1.29, 1.82) is 0 Å². The second-order valence-corrected chi connectivity index (χ2v) is 5.23. The molecule has 1 aromatic carbocycles. The number of ether oxygens (including phenoxy) is 1. The Morgan fingerprint density at radius 2 is 2.22 bits per heavy atom. The lowest BCUT2D eigenvalue weighted by atomic mass is 10.00. The van der Waals surface area contributed by atoms with Gasteiger partial charge in [0.15, 0.2) is 11.6 Å². The van der Waals surface area contributed by atoms with Crippen LogP contribution in [0.3, 0.4) is 0 Å². The molecule has 0 saturated carbocycles. The average molecular weight is 251 g/mol. The van der Waals surface area contributed by atoms with E-state index in [1.807, 2.05) is 6.07 Å². The Balaban J connectivity index is 2.15. The van der Waals surface area contributed by atoms with Crippen molar-refractivity contribution in [3.63, 3.8) is 0 Å². The molecule has 1 aliphatic heterocycles. The van der Waals surface area contributed by atoms with Gasteiger partial charge in [0, 0.05) is 12.1 Å². The molecule has 0 radical (unpaired) electrons. The first-order chi connectivity index (χ1) is 8.63. The third-order valence-corrected chi connectivity index (χ3v) is 3.54. The highest BCUT2D eigenvalue weighted by molar-refractivity contribution is 5.37. The average Bonchev–Trinajstić information content (AvgIpc) is 2.35. The first kappa shape index (κ1) is 13.3. The van der Waals surface area contributed by atoms with E-state index in [9.17, 15) is 4.39 Å². The molecule has 0 bridgehead atoms. The third-order valence-electron chi connectivity index (χ3n) is 3.54. The van der Waals surface area contributed by atoms with Crippen molar-refractivity contribution in [2.24, 2.45) is 0 Å². The van der Waals surface area contributed by atoms with Crippen molar-refractivity contribution in [2.45, 2.75) is 45.7 Å². The van der Waals surface area contributed by atoms with E-state index >= 15 is 0 Å². The van der Waals surface area contributed by atoms with Crippen molar-refractivity contribution in [2.75, 3.05) is 13.2 Å². The molecule has 100 valence electrons. The summed E-state index contributed by atoms with van der Waals surface area (Å²) in [4.78, 5) is 2.45. The van der Waals surface area contributed by atoms with Gasteiger partial charge in [-0.05, 0) is 44.9 Å². The van der Waals surface area contributed by atoms with Crippen LogP contribution in [0.25, 0.3) is 0 Å². The predicted molar refractivity (Wildman–Crippen MR) is 71.5 cm³/mol. The summed E-state index contributed by atoms with van der Waals surface area (Å²) in [6, 6.07) is 6.05. The molecule has 18 heavy (non-hydrogen) atoms. The number of rotatable bonds is 4. The predicted octanol–water partition coefficient (Wildman–Crippen LogP) is 3.25. The molecule has 0 saturated heterocycles. The Hall–Kier alpha value is -1.09. The lowest BCUT2D eigenvalue weighted by Gasteiger charge is -2.37. The van der Waals surface area contributed by atoms with Crippen LogP contribution in [0.4, 0.5) is 4.39 Å². The topological polar surface area (TPSA) is 12.5 Å². The molecule has 2 nitrogen and oxygen atoms in total. The van der Waals surface area contributed by atoms with Crippen LogP contribution in [0.5, 0.6) is 5.75 Å². The van der Waals surface area contributed by atoms with E-state index in [1.165, 1.54) is 6.07 Å². The summed E-state index contributed by atoms with van der Waals surface area (Å²) < 4.78 is 19.2. The number of para-hydroxylation sites is 1. The summed E-state index contributed by atoms with van der Waals surface area (Å²) >= 11 is 0. The second kappa shape index (κ2) is 5.70. The van der Waals surface area contributed by atoms with E-state index < -0.39 is 0 Å². The van der Waals surface area contributed by atoms with Gasteiger partial charge >= 0.3 is 0 Å². The minimum Gasteiger partial charge on any atom is -0.489 e. The third kappa shape index (κ3) is 2.66. The van der Waals surface area contributed by atoms with Crippen molar-refractivity contribution >= 4 is 0 Å². The monoisotopic (exact) mass is 251 g/mol. The van der Waals surface area contributed by atoms with Crippen LogP contribution in [0.15, 0.2) is 18.2 Å². The van der Waals surface area contributed by atoms with Gasteiger partial charge in [0.2, 0.25) is 0 Å². The SMILES string of the molecule is CCCN(C(C)C)C1COc2c(F)cccc2C1. The van der Waals surface area contributed by atoms with Crippen molar-refractivity contribution in [3.8, 4) is 5.75 Å². The van der Waals surface area contributed by atoms with E-state index in [2.05, 4.69) is 25.7 Å². The minimum atomic E-state index is -0.238. The molecule has 0 spiro atoms. The van der Waals surface area contributed by atoms with Gasteiger partial charge in [-0.25, -0.2) is 4.39 Å². The largest absolute Gasteiger partial charge is 0.489 e. The standard InChI is InChI=1S/C15H22FNO/c1-4-8-17(11(2)3)13-9-12-6-5-7-14(16)15(12)18-10-13/h5-7,11,13H,4,8-10H2,1-3H3. The summed E-state index contributed by atoms with van der Waals surface area (Å²) in [7, 11) is 0. The fourth-order valence-corrected chi connectivity index (χ4v) is 2.70. The highest BCUT2D eigenvalue weighted by Crippen LogP contribution is 2.29. The number of hydrogen-bond acceptors (Lipinski definition) is 2. The molecule has 1 atom stereocenters. The Labute approximate surface area is 109 Å². The number of benzene rings is 1. The van der Waals surface area contributed by atoms with E-state index in [1.54, 1.807) is 6.07 Å². The molecule has 0 aromatic heterocycles. The van der Waals surface area contributed by atoms with Gasteiger partial charge in [-0.1, -0.05) is 19.1 Å². The van der Waals surface area contributed by atoms with Gasteiger partial charge in [0.05, 0.1) is 0 Å². The molecule has 0 amide bonds. The van der Waals surface area contributed by atoms with Crippen LogP contribution < -0.4 is 4.74 Å². The van der Waals surface area contributed by atoms with E-state index in [0.29, 0.717) is 24.4 Å². The molecule has 0 fully saturated rings. The molecular formula is C15H22FNO. The molecule has 1 unspecified atom stereocenters. The summed E-state index contributed by atoms with van der Waals surface area (Å²) in [5.74, 6) is 0.214. The molecule has 1 aliphatic rings. The van der Waals surface area contributed by atoms with Gasteiger partial charge in [0.25, 0.3) is 0 Å². The van der Waals surface area contributed by atoms with Crippen LogP contribution in [0.2, 0.25) is 0 Å². The molecule has 2 rings (SSSR count). The zero-order valence-corrected chi connectivity index (χ0v) is 11.4. The lowest BCUT2D eigenvalue weighted by Crippen LogP contribution is -2.47. The zero-order valence-electron chi connectivity index (χ0n) is 11.4. The van der Waals surface area contributed by atoms with Gasteiger partial charge in [-0.3, -0.25) is 4.90 Å². The van der Waals surface area contributed by atoms with Crippen LogP contribution in [-0.4, -0.2) is 30.1 Å². The highest BCUT2D eigenvalue weighted by Gasteiger charge is 2.27. The Morgan fingerprint density at radius 3 is 2.89 bits per heavy atom. The Bertz CT molecular complexity index is 405. The smallest absolute Gasteiger partial charge is 0.165 e. The maximum Gasteiger partial charge on any atom is 0.165 e. The Kier molecular flexibility index (Phi) is 4.23. The maximum atomic E-state index is 13.6. The zero-order chi connectivity index (χ0) is 13.1. The van der Waals surface area contributed by atoms with Crippen LogP contribution in [0.1, 0.15) is 32.8 Å². The van der Waals surface area contributed by atoms with Crippen LogP contribution in [0, 0.1) is 5.82 Å². The van der Waals surface area contributed by atoms with E-state index in [4.69, 9.17) is 4.74 Å². The first-order valence-corrected chi connectivity index (χ1v) is 6.79. The summed E-state index contributed by atoms with van der Waals surface area (Å²) in [5, 5.41) is 0. The maximum absolute atomic E-state index is 13.6. The lowest BCUT2D eigenvalue weighted by molar-refractivity contribution is 0.0901. The van der Waals surface area contributed by atoms with E-state index in [0.717, 1.165) is 24.9 Å². The van der Waals surface area contributed by atoms with Crippen molar-refractivity contribution in [1.82, 2.24) is 4.90 Å². The molecule has 0 N–H and O–H groups in total. The summed E-state index contributed by atoms with van der Waals surface area (Å²) in [6.07, 6.45) is 2.01. The highest BCUT2D eigenvalue weighted by atomic mass is 19.1. The molecule has 1 aromatic rings. The first-order valence-electron chi connectivity index (χ1n) is 6.79. The minimum absolute atomic E-state index is 0.238. The Morgan fingerprint density at radius 1 is 1.44 bits per heavy atom. The van der Waals surface area contributed by atoms with Crippen molar-refractivity contribution < 1.29 is 9.13 Å². The number of fused-ring (bicyclic) bond motifs is 1. The number of hydrogen-bond donors (Lipinski definition) is 0. The van der Waals surface area contributed by atoms with Crippen LogP contribution >= 0.6 is 0 Å². The van der Waals surface area contributed by atoms with E-state index in [-0.39, 0.29) is 5.82 Å². The van der Waals surface area contributed by atoms with Gasteiger partial charge in [-0.15, -0.1) is 0 Å². The molecular weight excluding hydrogens is 229 g/mol. The van der Waals surface area contributed by atoms with Crippen molar-refractivity contribution in [3.05, 3.63) is 29.6 Å². The van der Waals surface area contributed by atoms with Crippen LogP contribution in [-0.2, 0) is 6.42 Å². The van der Waals surface area contributed by atoms with Gasteiger partial charge < -0.3 is 4.74 Å². The number of nitrogens with zero attached hydrogens (tertiary/aromatic N) is 1.